The molecule has 1 aromatic heterocycles. The SMILES string of the molecule is COC(=O)C1=C(C2CCN(S(=O)O)CC2)NC(c2nccs2)=NC1c1ccc(F)c(F)c1C. The number of amidine groups is 1. The Morgan fingerprint density at radius 2 is 2.06 bits per heavy atom. The molecule has 12 heteroatoms. The lowest BCUT2D eigenvalue weighted by Gasteiger charge is -2.35. The molecule has 2 unspecified atom stereocenters. The van der Waals surface area contributed by atoms with Crippen molar-refractivity contribution in [1.29, 1.82) is 0 Å². The van der Waals surface area contributed by atoms with Gasteiger partial charge in [-0.3, -0.25) is 9.55 Å². The van der Waals surface area contributed by atoms with Gasteiger partial charge in [-0.05, 0) is 37.0 Å². The number of aromatic nitrogens is 1. The normalized spacial score (nSPS) is 20.9. The van der Waals surface area contributed by atoms with Crippen LogP contribution in [-0.4, -0.2) is 50.1 Å². The molecule has 0 amide bonds. The Hall–Kier alpha value is -2.54. The summed E-state index contributed by atoms with van der Waals surface area (Å²) in [6, 6.07) is 1.50. The number of ether oxygens (including phenoxy) is 1. The molecular weight excluding hydrogens is 474 g/mol. The number of piperidine rings is 1. The first-order valence-electron chi connectivity index (χ1n) is 10.2. The van der Waals surface area contributed by atoms with Gasteiger partial charge in [0.05, 0.1) is 12.7 Å². The van der Waals surface area contributed by atoms with Crippen LogP contribution >= 0.6 is 11.3 Å². The van der Waals surface area contributed by atoms with Crippen LogP contribution in [0, 0.1) is 24.5 Å². The Labute approximate surface area is 195 Å². The minimum absolute atomic E-state index is 0.0513. The van der Waals surface area contributed by atoms with Gasteiger partial charge in [0.25, 0.3) is 0 Å². The smallest absolute Gasteiger partial charge is 0.338 e. The van der Waals surface area contributed by atoms with Gasteiger partial charge in [0, 0.05) is 36.3 Å². The summed E-state index contributed by atoms with van der Waals surface area (Å²) in [5.74, 6) is -2.38. The first-order chi connectivity index (χ1) is 15.8. The van der Waals surface area contributed by atoms with Gasteiger partial charge in [-0.1, -0.05) is 6.07 Å². The fourth-order valence-corrected chi connectivity index (χ4v) is 5.27. The quantitative estimate of drug-likeness (QED) is 0.487. The highest BCUT2D eigenvalue weighted by Gasteiger charge is 2.38. The average molecular weight is 497 g/mol. The minimum atomic E-state index is -2.07. The Balaban J connectivity index is 1.85. The topological polar surface area (TPSA) is 104 Å². The second-order valence-corrected chi connectivity index (χ2v) is 9.54. The number of rotatable bonds is 5. The Bertz CT molecular complexity index is 1150. The number of allylic oxidation sites excluding steroid dienone is 1. The number of carbonyl (C=O) groups is 1. The fourth-order valence-electron chi connectivity index (χ4n) is 4.16. The van der Waals surface area contributed by atoms with Crippen molar-refractivity contribution in [2.45, 2.75) is 25.8 Å². The summed E-state index contributed by atoms with van der Waals surface area (Å²) in [5, 5.41) is 5.59. The second-order valence-electron chi connectivity index (χ2n) is 7.67. The van der Waals surface area contributed by atoms with Crippen molar-refractivity contribution < 1.29 is 27.1 Å². The molecule has 0 saturated carbocycles. The third-order valence-electron chi connectivity index (χ3n) is 5.87. The molecule has 3 heterocycles. The lowest BCUT2D eigenvalue weighted by Crippen LogP contribution is -2.41. The molecule has 2 aliphatic heterocycles. The van der Waals surface area contributed by atoms with Crippen molar-refractivity contribution in [3.05, 3.63) is 62.7 Å². The molecule has 2 aromatic rings. The van der Waals surface area contributed by atoms with Crippen molar-refractivity contribution in [3.8, 4) is 0 Å². The summed E-state index contributed by atoms with van der Waals surface area (Å²) in [6.07, 6.45) is 2.63. The summed E-state index contributed by atoms with van der Waals surface area (Å²) < 4.78 is 55.6. The minimum Gasteiger partial charge on any atom is -0.466 e. The second kappa shape index (κ2) is 9.75. The van der Waals surface area contributed by atoms with Crippen molar-refractivity contribution >= 4 is 34.4 Å². The first kappa shape index (κ1) is 23.6. The molecule has 0 aliphatic carbocycles. The van der Waals surface area contributed by atoms with Gasteiger partial charge in [0.2, 0.25) is 11.3 Å². The van der Waals surface area contributed by atoms with Gasteiger partial charge in [0.1, 0.15) is 6.04 Å². The van der Waals surface area contributed by atoms with Gasteiger partial charge < -0.3 is 10.1 Å². The van der Waals surface area contributed by atoms with Crippen LogP contribution in [0.4, 0.5) is 8.78 Å². The number of nitrogens with zero attached hydrogens (tertiary/aromatic N) is 3. The maximum atomic E-state index is 14.5. The molecule has 176 valence electrons. The zero-order valence-electron chi connectivity index (χ0n) is 17.9. The van der Waals surface area contributed by atoms with E-state index in [1.165, 1.54) is 35.7 Å². The predicted octanol–water partition coefficient (Wildman–Crippen LogP) is 3.10. The number of carbonyl (C=O) groups excluding carboxylic acids is 1. The molecule has 2 atom stereocenters. The van der Waals surface area contributed by atoms with E-state index < -0.39 is 34.9 Å². The number of methoxy groups -OCH3 is 1. The highest BCUT2D eigenvalue weighted by molar-refractivity contribution is 7.76. The maximum absolute atomic E-state index is 14.5. The lowest BCUT2D eigenvalue weighted by molar-refractivity contribution is -0.136. The third-order valence-corrected chi connectivity index (χ3v) is 7.46. The molecule has 2 aliphatic rings. The number of thiazole rings is 1. The van der Waals surface area contributed by atoms with Crippen LogP contribution in [0.25, 0.3) is 0 Å². The molecule has 1 aromatic carbocycles. The monoisotopic (exact) mass is 496 g/mol. The van der Waals surface area contributed by atoms with E-state index in [-0.39, 0.29) is 17.1 Å². The molecular formula is C21H22F2N4O4S2. The maximum Gasteiger partial charge on any atom is 0.338 e. The van der Waals surface area contributed by atoms with E-state index in [9.17, 15) is 22.3 Å². The molecule has 4 rings (SSSR count). The van der Waals surface area contributed by atoms with E-state index in [4.69, 9.17) is 4.74 Å². The predicted molar refractivity (Wildman–Crippen MR) is 120 cm³/mol. The molecule has 2 N–H and O–H groups in total. The summed E-state index contributed by atoms with van der Waals surface area (Å²) in [5.41, 5.74) is 1.15. The third kappa shape index (κ3) is 4.60. The van der Waals surface area contributed by atoms with Crippen LogP contribution in [0.1, 0.15) is 35.0 Å². The van der Waals surface area contributed by atoms with Gasteiger partial charge in [-0.15, -0.1) is 11.3 Å². The van der Waals surface area contributed by atoms with Crippen molar-refractivity contribution in [3.63, 3.8) is 0 Å². The molecule has 0 bridgehead atoms. The summed E-state index contributed by atoms with van der Waals surface area (Å²) in [4.78, 5) is 21.9. The standard InChI is InChI=1S/C21H22F2N4O4S2/c1-11-13(3-4-14(22)16(11)23)18-15(21(28)31-2)17(12-5-8-27(9-6-12)33(29)30)25-19(26-18)20-24-7-10-32-20/h3-4,7,10,12,18H,5-6,8-9H2,1-2H3,(H,25,26)(H,29,30). The van der Waals surface area contributed by atoms with Crippen LogP contribution in [-0.2, 0) is 20.8 Å². The molecule has 0 radical (unpaired) electrons. The number of hydrogen-bond donors (Lipinski definition) is 2. The number of esters is 1. The number of hydrogen-bond acceptors (Lipinski definition) is 7. The molecule has 33 heavy (non-hydrogen) atoms. The van der Waals surface area contributed by atoms with Crippen molar-refractivity contribution in [2.75, 3.05) is 20.2 Å². The van der Waals surface area contributed by atoms with Gasteiger partial charge in [-0.2, -0.15) is 0 Å². The van der Waals surface area contributed by atoms with Gasteiger partial charge in [0.15, 0.2) is 22.5 Å². The highest BCUT2D eigenvalue weighted by atomic mass is 32.2. The molecule has 1 fully saturated rings. The zero-order chi connectivity index (χ0) is 23.7. The number of halogens is 2. The number of benzene rings is 1. The highest BCUT2D eigenvalue weighted by Crippen LogP contribution is 2.39. The molecule has 8 nitrogen and oxygen atoms in total. The van der Waals surface area contributed by atoms with Crippen LogP contribution in [0.3, 0.4) is 0 Å². The van der Waals surface area contributed by atoms with E-state index >= 15 is 0 Å². The summed E-state index contributed by atoms with van der Waals surface area (Å²) in [6.45, 7) is 2.15. The largest absolute Gasteiger partial charge is 0.466 e. The molecule has 1 saturated heterocycles. The van der Waals surface area contributed by atoms with Crippen molar-refractivity contribution in [1.82, 2.24) is 14.6 Å². The fraction of sp³-hybridized carbons (Fsp3) is 0.381. The lowest BCUT2D eigenvalue weighted by atomic mass is 9.85. The van der Waals surface area contributed by atoms with Crippen LogP contribution in [0.2, 0.25) is 0 Å². The molecule has 0 spiro atoms. The Morgan fingerprint density at radius 1 is 1.33 bits per heavy atom. The van der Waals surface area contributed by atoms with Crippen LogP contribution < -0.4 is 5.32 Å². The summed E-state index contributed by atoms with van der Waals surface area (Å²) >= 11 is -0.725. The van der Waals surface area contributed by atoms with E-state index in [1.807, 2.05) is 0 Å². The first-order valence-corrected chi connectivity index (χ1v) is 12.1. The average Bonchev–Trinajstić information content (AvgIpc) is 3.36. The van der Waals surface area contributed by atoms with Crippen LogP contribution in [0.15, 0.2) is 40.0 Å². The van der Waals surface area contributed by atoms with Gasteiger partial charge in [-0.25, -0.2) is 27.1 Å². The zero-order valence-corrected chi connectivity index (χ0v) is 19.5. The summed E-state index contributed by atoms with van der Waals surface area (Å²) in [7, 11) is 1.25. The van der Waals surface area contributed by atoms with E-state index in [0.717, 1.165) is 6.07 Å². The Morgan fingerprint density at radius 3 is 2.67 bits per heavy atom. The van der Waals surface area contributed by atoms with Crippen LogP contribution in [0.5, 0.6) is 0 Å². The van der Waals surface area contributed by atoms with E-state index in [2.05, 4.69) is 15.3 Å². The van der Waals surface area contributed by atoms with E-state index in [0.29, 0.717) is 48.0 Å². The van der Waals surface area contributed by atoms with E-state index in [1.54, 1.807) is 11.6 Å². The Kier molecular flexibility index (Phi) is 6.98. The van der Waals surface area contributed by atoms with Gasteiger partial charge >= 0.3 is 5.97 Å². The number of nitrogens with one attached hydrogen (secondary N) is 1. The number of aliphatic imine (C=N–C) groups is 1. The van der Waals surface area contributed by atoms with Crippen molar-refractivity contribution in [2.24, 2.45) is 10.9 Å².